The van der Waals surface area contributed by atoms with Crippen molar-refractivity contribution in [1.82, 2.24) is 0 Å². The second-order valence-corrected chi connectivity index (χ2v) is 3.64. The van der Waals surface area contributed by atoms with Gasteiger partial charge in [-0.05, 0) is 24.3 Å². The number of carbonyl (C=O) groups is 2. The number of anilines is 1. The highest BCUT2D eigenvalue weighted by atomic mass is 19.1. The van der Waals surface area contributed by atoms with Crippen LogP contribution in [0.15, 0.2) is 24.3 Å². The molecule has 0 atom stereocenters. The summed E-state index contributed by atoms with van der Waals surface area (Å²) in [7, 11) is 0. The van der Waals surface area contributed by atoms with Crippen molar-refractivity contribution in [3.8, 4) is 0 Å². The van der Waals surface area contributed by atoms with Crippen molar-refractivity contribution in [2.75, 3.05) is 5.32 Å². The highest BCUT2D eigenvalue weighted by Gasteiger charge is 2.32. The molecule has 1 N–H and O–H groups in total. The summed E-state index contributed by atoms with van der Waals surface area (Å²) in [5.74, 6) is -0.593. The van der Waals surface area contributed by atoms with E-state index < -0.39 is 0 Å². The van der Waals surface area contributed by atoms with E-state index >= 15 is 0 Å². The zero-order valence-corrected chi connectivity index (χ0v) is 8.00. The number of halogens is 1. The Morgan fingerprint density at radius 3 is 2.40 bits per heavy atom. The van der Waals surface area contributed by atoms with Crippen LogP contribution in [0.4, 0.5) is 10.1 Å². The molecule has 1 saturated carbocycles. The maximum atomic E-state index is 12.6. The predicted octanol–water partition coefficient (Wildman–Crippen LogP) is 1.74. The largest absolute Gasteiger partial charge is 0.326 e. The Labute approximate surface area is 86.3 Å². The molecular formula is C11H10FNO2. The first-order valence-corrected chi connectivity index (χ1v) is 4.73. The summed E-state index contributed by atoms with van der Waals surface area (Å²) in [6, 6.07) is 5.55. The fourth-order valence-electron chi connectivity index (χ4n) is 1.45. The third-order valence-electron chi connectivity index (χ3n) is 2.43. The fraction of sp³-hybridized carbons (Fsp3) is 0.273. The number of benzene rings is 1. The molecular weight excluding hydrogens is 197 g/mol. The van der Waals surface area contributed by atoms with Crippen molar-refractivity contribution in [3.63, 3.8) is 0 Å². The first kappa shape index (κ1) is 9.83. The molecule has 1 aromatic rings. The Kier molecular flexibility index (Phi) is 2.49. The molecule has 0 saturated heterocycles. The van der Waals surface area contributed by atoms with E-state index in [1.165, 1.54) is 24.3 Å². The molecule has 0 spiro atoms. The normalized spacial score (nSPS) is 15.9. The van der Waals surface area contributed by atoms with E-state index in [9.17, 15) is 14.0 Å². The first-order valence-electron chi connectivity index (χ1n) is 4.73. The maximum Gasteiger partial charge on any atom is 0.228 e. The lowest BCUT2D eigenvalue weighted by molar-refractivity contribution is -0.135. The Balaban J connectivity index is 1.94. The van der Waals surface area contributed by atoms with Crippen LogP contribution in [0.3, 0.4) is 0 Å². The smallest absolute Gasteiger partial charge is 0.228 e. The van der Waals surface area contributed by atoms with Crippen molar-refractivity contribution < 1.29 is 14.0 Å². The van der Waals surface area contributed by atoms with E-state index in [2.05, 4.69) is 5.32 Å². The summed E-state index contributed by atoms with van der Waals surface area (Å²) in [6.07, 6.45) is 0.653. The van der Waals surface area contributed by atoms with Gasteiger partial charge in [-0.15, -0.1) is 0 Å². The molecule has 0 bridgehead atoms. The van der Waals surface area contributed by atoms with E-state index in [1.54, 1.807) is 0 Å². The number of amides is 1. The van der Waals surface area contributed by atoms with Gasteiger partial charge in [-0.2, -0.15) is 0 Å². The zero-order valence-electron chi connectivity index (χ0n) is 8.00. The van der Waals surface area contributed by atoms with Crippen molar-refractivity contribution >= 4 is 17.4 Å². The van der Waals surface area contributed by atoms with Gasteiger partial charge in [-0.3, -0.25) is 9.59 Å². The fourth-order valence-corrected chi connectivity index (χ4v) is 1.45. The number of hydrogen-bond acceptors (Lipinski definition) is 2. The van der Waals surface area contributed by atoms with Crippen molar-refractivity contribution in [2.45, 2.75) is 12.8 Å². The van der Waals surface area contributed by atoms with Gasteiger partial charge in [0.1, 0.15) is 11.6 Å². The number of rotatable bonds is 2. The van der Waals surface area contributed by atoms with Crippen molar-refractivity contribution in [1.29, 1.82) is 0 Å². The molecule has 0 unspecified atom stereocenters. The third-order valence-corrected chi connectivity index (χ3v) is 2.43. The quantitative estimate of drug-likeness (QED) is 0.802. The minimum Gasteiger partial charge on any atom is -0.326 e. The lowest BCUT2D eigenvalue weighted by atomic mass is 9.83. The van der Waals surface area contributed by atoms with Crippen LogP contribution in [0.2, 0.25) is 0 Å². The van der Waals surface area contributed by atoms with Gasteiger partial charge in [-0.25, -0.2) is 4.39 Å². The standard InChI is InChI=1S/C11H10FNO2/c12-8-1-3-9(4-2-8)13-11(15)7-5-10(14)6-7/h1-4,7H,5-6H2,(H,13,15). The lowest BCUT2D eigenvalue weighted by Gasteiger charge is -2.22. The Bertz CT molecular complexity index is 392. The van der Waals surface area contributed by atoms with E-state index in [0.717, 1.165) is 0 Å². The number of nitrogens with one attached hydrogen (secondary N) is 1. The van der Waals surface area contributed by atoms with Gasteiger partial charge in [0.2, 0.25) is 5.91 Å². The molecule has 2 rings (SSSR count). The molecule has 15 heavy (non-hydrogen) atoms. The SMILES string of the molecule is O=C1CC(C(=O)Nc2ccc(F)cc2)C1. The van der Waals surface area contributed by atoms with Crippen LogP contribution in [0.1, 0.15) is 12.8 Å². The lowest BCUT2D eigenvalue weighted by Crippen LogP contribution is -2.34. The summed E-state index contributed by atoms with van der Waals surface area (Å²) in [6.45, 7) is 0. The van der Waals surface area contributed by atoms with Gasteiger partial charge in [0, 0.05) is 18.5 Å². The Hall–Kier alpha value is -1.71. The summed E-state index contributed by atoms with van der Waals surface area (Å²) in [5, 5.41) is 2.63. The molecule has 4 heteroatoms. The minimum atomic E-state index is -0.341. The van der Waals surface area contributed by atoms with Crippen LogP contribution < -0.4 is 5.32 Å². The van der Waals surface area contributed by atoms with Crippen molar-refractivity contribution in [3.05, 3.63) is 30.1 Å². The number of ketones is 1. The number of carbonyl (C=O) groups excluding carboxylic acids is 2. The zero-order chi connectivity index (χ0) is 10.8. The molecule has 0 aromatic heterocycles. The highest BCUT2D eigenvalue weighted by Crippen LogP contribution is 2.24. The average molecular weight is 207 g/mol. The molecule has 1 amide bonds. The van der Waals surface area contributed by atoms with Crippen LogP contribution in [-0.2, 0) is 9.59 Å². The number of Topliss-reactive ketones (excluding diaryl/α,β-unsaturated/α-hetero) is 1. The third kappa shape index (κ3) is 2.21. The van der Waals surface area contributed by atoms with E-state index in [-0.39, 0.29) is 23.4 Å². The second-order valence-electron chi connectivity index (χ2n) is 3.64. The van der Waals surface area contributed by atoms with Gasteiger partial charge in [0.05, 0.1) is 5.92 Å². The van der Waals surface area contributed by atoms with Crippen LogP contribution in [0.5, 0.6) is 0 Å². The molecule has 1 aromatic carbocycles. The molecule has 1 fully saturated rings. The predicted molar refractivity (Wildman–Crippen MR) is 52.8 cm³/mol. The first-order chi connectivity index (χ1) is 7.15. The van der Waals surface area contributed by atoms with Crippen LogP contribution in [0.25, 0.3) is 0 Å². The van der Waals surface area contributed by atoms with Gasteiger partial charge in [0.15, 0.2) is 0 Å². The summed E-state index contributed by atoms with van der Waals surface area (Å²) < 4.78 is 12.6. The molecule has 0 heterocycles. The van der Waals surface area contributed by atoms with Gasteiger partial charge >= 0.3 is 0 Å². The van der Waals surface area contributed by atoms with Gasteiger partial charge in [-0.1, -0.05) is 0 Å². The Morgan fingerprint density at radius 1 is 1.27 bits per heavy atom. The Morgan fingerprint density at radius 2 is 1.87 bits per heavy atom. The van der Waals surface area contributed by atoms with Crippen LogP contribution >= 0.6 is 0 Å². The summed E-state index contributed by atoms with van der Waals surface area (Å²) >= 11 is 0. The average Bonchev–Trinajstić information content (AvgIpc) is 2.17. The van der Waals surface area contributed by atoms with Gasteiger partial charge in [0.25, 0.3) is 0 Å². The molecule has 1 aliphatic carbocycles. The van der Waals surface area contributed by atoms with Crippen LogP contribution in [0, 0.1) is 11.7 Å². The van der Waals surface area contributed by atoms with E-state index in [1.807, 2.05) is 0 Å². The monoisotopic (exact) mass is 207 g/mol. The summed E-state index contributed by atoms with van der Waals surface area (Å²) in [5.41, 5.74) is 0.556. The van der Waals surface area contributed by atoms with Gasteiger partial charge < -0.3 is 5.32 Å². The molecule has 0 radical (unpaired) electrons. The van der Waals surface area contributed by atoms with E-state index in [4.69, 9.17) is 0 Å². The molecule has 3 nitrogen and oxygen atoms in total. The molecule has 78 valence electrons. The molecule has 1 aliphatic rings. The van der Waals surface area contributed by atoms with Crippen molar-refractivity contribution in [2.24, 2.45) is 5.92 Å². The van der Waals surface area contributed by atoms with E-state index in [0.29, 0.717) is 18.5 Å². The summed E-state index contributed by atoms with van der Waals surface area (Å²) in [4.78, 5) is 22.1. The maximum absolute atomic E-state index is 12.6. The topological polar surface area (TPSA) is 46.2 Å². The minimum absolute atomic E-state index is 0.120. The molecule has 0 aliphatic heterocycles. The number of hydrogen-bond donors (Lipinski definition) is 1. The second kappa shape index (κ2) is 3.81. The highest BCUT2D eigenvalue weighted by molar-refractivity contribution is 6.01. The van der Waals surface area contributed by atoms with Crippen LogP contribution in [-0.4, -0.2) is 11.7 Å².